The molecule has 0 aliphatic heterocycles. The zero-order chi connectivity index (χ0) is 21.6. The summed E-state index contributed by atoms with van der Waals surface area (Å²) in [5, 5.41) is 11.6. The number of amides is 1. The van der Waals surface area contributed by atoms with Crippen LogP contribution in [0.2, 0.25) is 0 Å². The number of carboxylic acids is 1. The number of carbonyl (C=O) groups excluding carboxylic acids is 1. The van der Waals surface area contributed by atoms with Crippen LogP contribution in [-0.2, 0) is 9.59 Å². The number of allylic oxidation sites excluding steroid dienone is 2. The summed E-state index contributed by atoms with van der Waals surface area (Å²) in [6.45, 7) is 2.86. The number of carbonyl (C=O) groups is 2. The number of aliphatic carboxylic acids is 1. The van der Waals surface area contributed by atoms with E-state index in [0.29, 0.717) is 19.4 Å². The quantitative estimate of drug-likeness (QED) is 0.167. The Morgan fingerprint density at radius 2 is 1.38 bits per heavy atom. The van der Waals surface area contributed by atoms with Gasteiger partial charge in [-0.05, 0) is 51.4 Å². The number of hydrogen-bond acceptors (Lipinski definition) is 3. The van der Waals surface area contributed by atoms with Crippen LogP contribution in [0.1, 0.15) is 116 Å². The highest BCUT2D eigenvalue weighted by Gasteiger charge is 2.10. The fourth-order valence-corrected chi connectivity index (χ4v) is 3.29. The first-order valence-corrected chi connectivity index (χ1v) is 12.0. The van der Waals surface area contributed by atoms with Gasteiger partial charge in [-0.15, -0.1) is 0 Å². The molecule has 0 saturated heterocycles. The summed E-state index contributed by atoms with van der Waals surface area (Å²) in [7, 11) is 0. The van der Waals surface area contributed by atoms with Gasteiger partial charge in [0.05, 0.1) is 0 Å². The molecule has 0 bridgehead atoms. The van der Waals surface area contributed by atoms with Gasteiger partial charge >= 0.3 is 5.97 Å². The molecule has 0 rings (SSSR count). The molecule has 1 amide bonds. The van der Waals surface area contributed by atoms with Gasteiger partial charge in [0.2, 0.25) is 5.91 Å². The first-order valence-electron chi connectivity index (χ1n) is 12.0. The maximum Gasteiger partial charge on any atom is 0.320 e. The van der Waals surface area contributed by atoms with E-state index < -0.39 is 12.0 Å². The van der Waals surface area contributed by atoms with E-state index >= 15 is 0 Å². The number of rotatable bonds is 21. The number of nitrogens with one attached hydrogen (secondary N) is 1. The Balaban J connectivity index is 3.27. The van der Waals surface area contributed by atoms with Crippen molar-refractivity contribution in [1.82, 2.24) is 5.32 Å². The van der Waals surface area contributed by atoms with Gasteiger partial charge in [-0.1, -0.05) is 70.4 Å². The van der Waals surface area contributed by atoms with Crippen molar-refractivity contribution in [1.29, 1.82) is 0 Å². The third-order valence-electron chi connectivity index (χ3n) is 5.25. The molecule has 0 fully saturated rings. The Labute approximate surface area is 178 Å². The molecule has 4 N–H and O–H groups in total. The normalized spacial score (nSPS) is 12.3. The van der Waals surface area contributed by atoms with E-state index in [-0.39, 0.29) is 5.91 Å². The van der Waals surface area contributed by atoms with Crippen molar-refractivity contribution < 1.29 is 14.7 Å². The minimum atomic E-state index is -0.960. The van der Waals surface area contributed by atoms with Crippen LogP contribution in [-0.4, -0.2) is 29.6 Å². The Morgan fingerprint density at radius 3 is 1.97 bits per heavy atom. The van der Waals surface area contributed by atoms with E-state index in [1.165, 1.54) is 70.6 Å². The second-order valence-corrected chi connectivity index (χ2v) is 8.12. The Hall–Kier alpha value is -1.36. The Morgan fingerprint density at radius 1 is 0.828 bits per heavy atom. The monoisotopic (exact) mass is 410 g/mol. The zero-order valence-corrected chi connectivity index (χ0v) is 18.8. The van der Waals surface area contributed by atoms with Crippen LogP contribution in [0.3, 0.4) is 0 Å². The van der Waals surface area contributed by atoms with Crippen LogP contribution in [0.25, 0.3) is 0 Å². The molecule has 0 unspecified atom stereocenters. The largest absolute Gasteiger partial charge is 0.480 e. The molecule has 0 spiro atoms. The molecule has 29 heavy (non-hydrogen) atoms. The maximum atomic E-state index is 11.7. The van der Waals surface area contributed by atoms with Gasteiger partial charge in [-0.25, -0.2) is 0 Å². The second kappa shape index (κ2) is 21.4. The van der Waals surface area contributed by atoms with E-state index in [9.17, 15) is 9.59 Å². The number of hydrogen-bond donors (Lipinski definition) is 3. The lowest BCUT2D eigenvalue weighted by atomic mass is 10.1. The minimum absolute atomic E-state index is 0.104. The summed E-state index contributed by atoms with van der Waals surface area (Å²) in [6.07, 6.45) is 23.6. The fraction of sp³-hybridized carbons (Fsp3) is 0.833. The third-order valence-corrected chi connectivity index (χ3v) is 5.25. The van der Waals surface area contributed by atoms with Crippen LogP contribution in [0.4, 0.5) is 0 Å². The van der Waals surface area contributed by atoms with E-state index in [1.54, 1.807) is 0 Å². The van der Waals surface area contributed by atoms with Crippen LogP contribution in [0, 0.1) is 0 Å². The molecular formula is C24H46N2O3. The highest BCUT2D eigenvalue weighted by Crippen LogP contribution is 2.10. The molecule has 5 heteroatoms. The first kappa shape index (κ1) is 27.6. The second-order valence-electron chi connectivity index (χ2n) is 8.12. The molecule has 170 valence electrons. The summed E-state index contributed by atoms with van der Waals surface area (Å²) in [5.74, 6) is -0.856. The average Bonchev–Trinajstić information content (AvgIpc) is 2.70. The average molecular weight is 411 g/mol. The van der Waals surface area contributed by atoms with Crippen molar-refractivity contribution in [3.63, 3.8) is 0 Å². The number of nitrogens with two attached hydrogens (primary N) is 1. The predicted molar refractivity (Wildman–Crippen MR) is 122 cm³/mol. The summed E-state index contributed by atoms with van der Waals surface area (Å²) < 4.78 is 0. The first-order chi connectivity index (χ1) is 14.1. The molecule has 0 saturated carbocycles. The third kappa shape index (κ3) is 21.2. The summed E-state index contributed by atoms with van der Waals surface area (Å²) >= 11 is 0. The summed E-state index contributed by atoms with van der Waals surface area (Å²) in [4.78, 5) is 22.3. The highest BCUT2D eigenvalue weighted by atomic mass is 16.4. The van der Waals surface area contributed by atoms with Crippen molar-refractivity contribution in [3.05, 3.63) is 12.2 Å². The lowest BCUT2D eigenvalue weighted by Gasteiger charge is -2.07. The molecule has 0 aliphatic rings. The van der Waals surface area contributed by atoms with E-state index in [2.05, 4.69) is 24.4 Å². The van der Waals surface area contributed by atoms with Crippen molar-refractivity contribution in [2.45, 2.75) is 122 Å². The summed E-state index contributed by atoms with van der Waals surface area (Å²) in [6, 6.07) is -0.790. The van der Waals surface area contributed by atoms with Crippen LogP contribution >= 0.6 is 0 Å². The topological polar surface area (TPSA) is 92.4 Å². The number of carboxylic acid groups (broad SMARTS) is 1. The van der Waals surface area contributed by atoms with Gasteiger partial charge in [0.25, 0.3) is 0 Å². The molecule has 0 aromatic heterocycles. The molecule has 5 nitrogen and oxygen atoms in total. The fourth-order valence-electron chi connectivity index (χ4n) is 3.29. The van der Waals surface area contributed by atoms with Crippen molar-refractivity contribution in [2.75, 3.05) is 6.54 Å². The van der Waals surface area contributed by atoms with Gasteiger partial charge in [0, 0.05) is 13.0 Å². The van der Waals surface area contributed by atoms with Gasteiger partial charge in [-0.3, -0.25) is 9.59 Å². The molecular weight excluding hydrogens is 364 g/mol. The van der Waals surface area contributed by atoms with Crippen LogP contribution < -0.4 is 11.1 Å². The molecule has 0 radical (unpaired) electrons. The van der Waals surface area contributed by atoms with Crippen LogP contribution in [0.15, 0.2) is 12.2 Å². The molecule has 0 aromatic rings. The standard InChI is InChI=1S/C24H46N2O3/c1-2-3-4-5-6-7-8-9-10-11-12-13-14-15-16-20-23(27)26-21-18-17-19-22(25)24(28)29/h8-9,22H,2-7,10-21,25H2,1H3,(H,26,27)(H,28,29)/b9-8+/t22-/m0/s1. The lowest BCUT2D eigenvalue weighted by molar-refractivity contribution is -0.138. The van der Waals surface area contributed by atoms with E-state index in [1.807, 2.05) is 0 Å². The van der Waals surface area contributed by atoms with Gasteiger partial charge < -0.3 is 16.2 Å². The van der Waals surface area contributed by atoms with Crippen molar-refractivity contribution >= 4 is 11.9 Å². The predicted octanol–water partition coefficient (Wildman–Crippen LogP) is 5.72. The van der Waals surface area contributed by atoms with Gasteiger partial charge in [-0.2, -0.15) is 0 Å². The maximum absolute atomic E-state index is 11.7. The molecule has 0 aromatic carbocycles. The van der Waals surface area contributed by atoms with Crippen molar-refractivity contribution in [2.24, 2.45) is 5.73 Å². The Kier molecular flexibility index (Phi) is 20.3. The van der Waals surface area contributed by atoms with Gasteiger partial charge in [0.1, 0.15) is 6.04 Å². The number of unbranched alkanes of at least 4 members (excludes halogenated alkanes) is 12. The molecule has 0 aliphatic carbocycles. The van der Waals surface area contributed by atoms with Crippen LogP contribution in [0.5, 0.6) is 0 Å². The zero-order valence-electron chi connectivity index (χ0n) is 18.8. The van der Waals surface area contributed by atoms with E-state index in [4.69, 9.17) is 10.8 Å². The van der Waals surface area contributed by atoms with Gasteiger partial charge in [0.15, 0.2) is 0 Å². The Bertz CT molecular complexity index is 424. The smallest absolute Gasteiger partial charge is 0.320 e. The highest BCUT2D eigenvalue weighted by molar-refractivity contribution is 5.75. The lowest BCUT2D eigenvalue weighted by Crippen LogP contribution is -2.30. The molecule has 0 heterocycles. The SMILES string of the molecule is CCCCCCC/C=C/CCCCCCCCC(=O)NCCCC[C@H](N)C(=O)O. The summed E-state index contributed by atoms with van der Waals surface area (Å²) in [5.41, 5.74) is 5.44. The minimum Gasteiger partial charge on any atom is -0.480 e. The molecule has 1 atom stereocenters. The van der Waals surface area contributed by atoms with Crippen molar-refractivity contribution in [3.8, 4) is 0 Å². The van der Waals surface area contributed by atoms with E-state index in [0.717, 1.165) is 25.7 Å².